The van der Waals surface area contributed by atoms with Gasteiger partial charge >= 0.3 is 0 Å². The number of hydrogen-bond donors (Lipinski definition) is 0. The first-order chi connectivity index (χ1) is 5.65. The number of hydrogen-bond acceptors (Lipinski definition) is 0. The third-order valence-corrected chi connectivity index (χ3v) is 2.21. The first kappa shape index (κ1) is 9.53. The molecule has 0 fully saturated rings. The highest BCUT2D eigenvalue weighted by Crippen LogP contribution is 2.22. The lowest BCUT2D eigenvalue weighted by Gasteiger charge is -2.08. The Morgan fingerprint density at radius 3 is 2.75 bits per heavy atom. The molecule has 0 aliphatic heterocycles. The lowest BCUT2D eigenvalue weighted by atomic mass is 9.99. The Kier molecular flexibility index (Phi) is 3.10. The van der Waals surface area contributed by atoms with Crippen molar-refractivity contribution in [2.75, 3.05) is 0 Å². The molecular weight excluding hydrogens is 175 g/mol. The zero-order chi connectivity index (χ0) is 9.14. The molecule has 0 bridgehead atoms. The maximum Gasteiger partial charge on any atom is 0.142 e. The molecule has 0 heterocycles. The third-order valence-electron chi connectivity index (χ3n) is 1.91. The van der Waals surface area contributed by atoms with Crippen molar-refractivity contribution in [1.82, 2.24) is 0 Å². The quantitative estimate of drug-likeness (QED) is 0.658. The minimum atomic E-state index is -0.365. The van der Waals surface area contributed by atoms with E-state index in [1.807, 2.05) is 13.0 Å². The van der Waals surface area contributed by atoms with Crippen LogP contribution in [0.2, 0.25) is 5.02 Å². The monoisotopic (exact) mass is 185 g/mol. The van der Waals surface area contributed by atoms with Gasteiger partial charge < -0.3 is 0 Å². The lowest BCUT2D eigenvalue weighted by Crippen LogP contribution is -1.92. The second-order valence-electron chi connectivity index (χ2n) is 2.78. The number of benzene rings is 1. The Hall–Kier alpha value is -0.560. The maximum atomic E-state index is 12.9. The highest BCUT2D eigenvalue weighted by Gasteiger charge is 2.05. The summed E-state index contributed by atoms with van der Waals surface area (Å²) in [5, 5.41) is 0.169. The van der Waals surface area contributed by atoms with Crippen LogP contribution in [0.1, 0.15) is 24.8 Å². The average Bonchev–Trinajstić information content (AvgIpc) is 2.08. The SMILES string of the molecule is [CH2]C(CC)c1ccc(Cl)c(F)c1. The fourth-order valence-corrected chi connectivity index (χ4v) is 1.12. The lowest BCUT2D eigenvalue weighted by molar-refractivity contribution is 0.623. The number of rotatable bonds is 2. The van der Waals surface area contributed by atoms with Gasteiger partial charge in [0.1, 0.15) is 5.82 Å². The fourth-order valence-electron chi connectivity index (χ4n) is 1.00. The Balaban J connectivity index is 2.96. The predicted octanol–water partition coefficient (Wildman–Crippen LogP) is 3.81. The molecule has 1 unspecified atom stereocenters. The van der Waals surface area contributed by atoms with Crippen LogP contribution in [0.4, 0.5) is 4.39 Å². The standard InChI is InChI=1S/C10H11ClF/c1-3-7(2)8-4-5-9(11)10(12)6-8/h4-7H,2-3H2,1H3. The van der Waals surface area contributed by atoms with Gasteiger partial charge in [0.05, 0.1) is 5.02 Å². The van der Waals surface area contributed by atoms with Gasteiger partial charge in [-0.1, -0.05) is 24.6 Å². The van der Waals surface area contributed by atoms with Gasteiger partial charge in [0, 0.05) is 0 Å². The van der Waals surface area contributed by atoms with Crippen molar-refractivity contribution in [1.29, 1.82) is 0 Å². The highest BCUT2D eigenvalue weighted by atomic mass is 35.5. The molecule has 0 spiro atoms. The predicted molar refractivity (Wildman–Crippen MR) is 49.8 cm³/mol. The average molecular weight is 186 g/mol. The van der Waals surface area contributed by atoms with Crippen LogP contribution in [0.5, 0.6) is 0 Å². The van der Waals surface area contributed by atoms with Crippen molar-refractivity contribution < 1.29 is 4.39 Å². The Bertz CT molecular complexity index is 271. The van der Waals surface area contributed by atoms with Gasteiger partial charge in [-0.2, -0.15) is 0 Å². The highest BCUT2D eigenvalue weighted by molar-refractivity contribution is 6.30. The summed E-state index contributed by atoms with van der Waals surface area (Å²) >= 11 is 5.53. The molecule has 0 aliphatic rings. The van der Waals surface area contributed by atoms with E-state index in [0.717, 1.165) is 12.0 Å². The van der Waals surface area contributed by atoms with Crippen LogP contribution < -0.4 is 0 Å². The summed E-state index contributed by atoms with van der Waals surface area (Å²) < 4.78 is 12.9. The van der Waals surface area contributed by atoms with Crippen molar-refractivity contribution >= 4 is 11.6 Å². The minimum Gasteiger partial charge on any atom is -0.205 e. The van der Waals surface area contributed by atoms with E-state index in [1.165, 1.54) is 6.07 Å². The minimum absolute atomic E-state index is 0.150. The Labute approximate surface area is 77.4 Å². The topological polar surface area (TPSA) is 0 Å². The summed E-state index contributed by atoms with van der Waals surface area (Å²) in [5.74, 6) is -0.215. The van der Waals surface area contributed by atoms with Crippen LogP contribution in [0, 0.1) is 12.7 Å². The van der Waals surface area contributed by atoms with E-state index in [-0.39, 0.29) is 16.8 Å². The van der Waals surface area contributed by atoms with E-state index in [1.54, 1.807) is 6.07 Å². The van der Waals surface area contributed by atoms with E-state index >= 15 is 0 Å². The van der Waals surface area contributed by atoms with E-state index in [4.69, 9.17) is 11.6 Å². The van der Waals surface area contributed by atoms with Gasteiger partial charge in [0.25, 0.3) is 0 Å². The molecular formula is C10H11ClF. The molecule has 0 N–H and O–H groups in total. The first-order valence-electron chi connectivity index (χ1n) is 3.93. The van der Waals surface area contributed by atoms with Crippen molar-refractivity contribution in [2.45, 2.75) is 19.3 Å². The van der Waals surface area contributed by atoms with Crippen molar-refractivity contribution in [3.63, 3.8) is 0 Å². The summed E-state index contributed by atoms with van der Waals surface area (Å²) in [7, 11) is 0. The smallest absolute Gasteiger partial charge is 0.142 e. The Morgan fingerprint density at radius 2 is 2.25 bits per heavy atom. The molecule has 0 aliphatic carbocycles. The molecule has 1 rings (SSSR count). The molecule has 1 aromatic rings. The van der Waals surface area contributed by atoms with Gasteiger partial charge in [0.2, 0.25) is 0 Å². The normalized spacial score (nSPS) is 13.0. The largest absolute Gasteiger partial charge is 0.205 e. The van der Waals surface area contributed by atoms with Gasteiger partial charge in [-0.15, -0.1) is 0 Å². The van der Waals surface area contributed by atoms with Crippen LogP contribution in [-0.2, 0) is 0 Å². The van der Waals surface area contributed by atoms with E-state index < -0.39 is 0 Å². The first-order valence-corrected chi connectivity index (χ1v) is 4.31. The molecule has 0 aromatic heterocycles. The summed E-state index contributed by atoms with van der Waals surface area (Å²) in [6.45, 7) is 5.91. The van der Waals surface area contributed by atoms with Crippen LogP contribution in [0.15, 0.2) is 18.2 Å². The molecule has 0 amide bonds. The zero-order valence-electron chi connectivity index (χ0n) is 6.98. The van der Waals surface area contributed by atoms with E-state index in [9.17, 15) is 4.39 Å². The van der Waals surface area contributed by atoms with Crippen molar-refractivity contribution in [3.8, 4) is 0 Å². The summed E-state index contributed by atoms with van der Waals surface area (Å²) in [6.07, 6.45) is 0.904. The van der Waals surface area contributed by atoms with Crippen molar-refractivity contribution in [2.24, 2.45) is 0 Å². The van der Waals surface area contributed by atoms with Gasteiger partial charge in [-0.3, -0.25) is 0 Å². The zero-order valence-corrected chi connectivity index (χ0v) is 7.74. The van der Waals surface area contributed by atoms with E-state index in [2.05, 4.69) is 6.92 Å². The van der Waals surface area contributed by atoms with Crippen LogP contribution in [0.3, 0.4) is 0 Å². The van der Waals surface area contributed by atoms with Crippen LogP contribution in [0.25, 0.3) is 0 Å². The van der Waals surface area contributed by atoms with Crippen molar-refractivity contribution in [3.05, 3.63) is 41.5 Å². The second kappa shape index (κ2) is 3.90. The Morgan fingerprint density at radius 1 is 1.58 bits per heavy atom. The van der Waals surface area contributed by atoms with Crippen LogP contribution >= 0.6 is 11.6 Å². The molecule has 0 saturated heterocycles. The summed E-state index contributed by atoms with van der Waals surface area (Å²) in [4.78, 5) is 0. The molecule has 12 heavy (non-hydrogen) atoms. The molecule has 1 aromatic carbocycles. The molecule has 0 nitrogen and oxygen atoms in total. The molecule has 1 atom stereocenters. The van der Waals surface area contributed by atoms with Gasteiger partial charge in [0.15, 0.2) is 0 Å². The fraction of sp³-hybridized carbons (Fsp3) is 0.300. The van der Waals surface area contributed by atoms with Crippen LogP contribution in [-0.4, -0.2) is 0 Å². The summed E-state index contributed by atoms with van der Waals surface area (Å²) in [6, 6.07) is 4.83. The molecule has 1 radical (unpaired) electrons. The molecule has 0 saturated carbocycles. The molecule has 2 heteroatoms. The second-order valence-corrected chi connectivity index (χ2v) is 3.19. The molecule has 65 valence electrons. The van der Waals surface area contributed by atoms with Gasteiger partial charge in [-0.25, -0.2) is 4.39 Å². The number of halogens is 2. The van der Waals surface area contributed by atoms with E-state index in [0.29, 0.717) is 0 Å². The third kappa shape index (κ3) is 1.98. The van der Waals surface area contributed by atoms with Gasteiger partial charge in [-0.05, 0) is 37.0 Å². The maximum absolute atomic E-state index is 12.9. The summed E-state index contributed by atoms with van der Waals surface area (Å²) in [5.41, 5.74) is 0.902.